The van der Waals surface area contributed by atoms with Crippen molar-refractivity contribution < 1.29 is 9.90 Å². The summed E-state index contributed by atoms with van der Waals surface area (Å²) in [5.41, 5.74) is 0. The number of carbonyl (C=O) groups excluding carboxylic acids is 1. The van der Waals surface area contributed by atoms with Crippen molar-refractivity contribution >= 4 is 5.91 Å². The molecule has 0 radical (unpaired) electrons. The highest BCUT2D eigenvalue weighted by Crippen LogP contribution is 1.84. The average molecular weight is 174 g/mol. The number of aliphatic hydroxyl groups excluding tert-OH is 1. The Balaban J connectivity index is 3.05. The van der Waals surface area contributed by atoms with E-state index in [1.165, 1.54) is 6.92 Å². The Bertz CT molecular complexity index is 128. The molecule has 0 spiro atoms. The van der Waals surface area contributed by atoms with Crippen molar-refractivity contribution in [2.75, 3.05) is 19.6 Å². The van der Waals surface area contributed by atoms with E-state index in [1.807, 2.05) is 6.92 Å². The number of rotatable bonds is 6. The van der Waals surface area contributed by atoms with Gasteiger partial charge in [-0.2, -0.15) is 0 Å². The SMILES string of the molecule is CCC(O)CNCCNC(C)=O. The first-order chi connectivity index (χ1) is 5.66. The highest BCUT2D eigenvalue weighted by atomic mass is 16.3. The van der Waals surface area contributed by atoms with E-state index < -0.39 is 0 Å². The van der Waals surface area contributed by atoms with Crippen LogP contribution in [0.25, 0.3) is 0 Å². The largest absolute Gasteiger partial charge is 0.392 e. The van der Waals surface area contributed by atoms with Gasteiger partial charge in [0.05, 0.1) is 6.10 Å². The van der Waals surface area contributed by atoms with Crippen molar-refractivity contribution in [2.24, 2.45) is 0 Å². The van der Waals surface area contributed by atoms with E-state index in [1.54, 1.807) is 0 Å². The Morgan fingerprint density at radius 1 is 1.50 bits per heavy atom. The fraction of sp³-hybridized carbons (Fsp3) is 0.875. The van der Waals surface area contributed by atoms with Gasteiger partial charge >= 0.3 is 0 Å². The molecule has 0 rings (SSSR count). The molecule has 1 unspecified atom stereocenters. The van der Waals surface area contributed by atoms with Crippen molar-refractivity contribution in [3.8, 4) is 0 Å². The van der Waals surface area contributed by atoms with Crippen LogP contribution in [-0.4, -0.2) is 36.8 Å². The van der Waals surface area contributed by atoms with Crippen LogP contribution in [0, 0.1) is 0 Å². The van der Waals surface area contributed by atoms with E-state index in [-0.39, 0.29) is 12.0 Å². The molecule has 0 heterocycles. The lowest BCUT2D eigenvalue weighted by Gasteiger charge is -2.08. The summed E-state index contributed by atoms with van der Waals surface area (Å²) in [6.45, 7) is 5.33. The summed E-state index contributed by atoms with van der Waals surface area (Å²) in [5, 5.41) is 14.8. The van der Waals surface area contributed by atoms with Gasteiger partial charge in [0.2, 0.25) is 5.91 Å². The molecule has 0 aliphatic carbocycles. The molecule has 0 aromatic heterocycles. The minimum atomic E-state index is -0.276. The predicted octanol–water partition coefficient (Wildman–Crippen LogP) is -0.517. The average Bonchev–Trinajstić information content (AvgIpc) is 2.03. The third kappa shape index (κ3) is 7.50. The van der Waals surface area contributed by atoms with Crippen molar-refractivity contribution in [3.63, 3.8) is 0 Å². The Kier molecular flexibility index (Phi) is 6.70. The first kappa shape index (κ1) is 11.4. The van der Waals surface area contributed by atoms with Gasteiger partial charge in [-0.25, -0.2) is 0 Å². The smallest absolute Gasteiger partial charge is 0.216 e. The zero-order chi connectivity index (χ0) is 9.40. The number of amides is 1. The number of hydrogen-bond donors (Lipinski definition) is 3. The Morgan fingerprint density at radius 3 is 2.67 bits per heavy atom. The summed E-state index contributed by atoms with van der Waals surface area (Å²) in [4.78, 5) is 10.4. The normalized spacial score (nSPS) is 12.6. The Morgan fingerprint density at radius 2 is 2.17 bits per heavy atom. The molecule has 0 fully saturated rings. The standard InChI is InChI=1S/C8H18N2O2/c1-3-8(12)6-9-4-5-10-7(2)11/h8-9,12H,3-6H2,1-2H3,(H,10,11). The Hall–Kier alpha value is -0.610. The van der Waals surface area contributed by atoms with Gasteiger partial charge < -0.3 is 15.7 Å². The van der Waals surface area contributed by atoms with E-state index in [9.17, 15) is 4.79 Å². The van der Waals surface area contributed by atoms with Gasteiger partial charge in [-0.1, -0.05) is 6.92 Å². The van der Waals surface area contributed by atoms with Gasteiger partial charge in [-0.05, 0) is 6.42 Å². The first-order valence-corrected chi connectivity index (χ1v) is 4.30. The highest BCUT2D eigenvalue weighted by molar-refractivity contribution is 5.72. The molecule has 3 N–H and O–H groups in total. The molecular weight excluding hydrogens is 156 g/mol. The molecule has 12 heavy (non-hydrogen) atoms. The molecule has 4 nitrogen and oxygen atoms in total. The van der Waals surface area contributed by atoms with Crippen LogP contribution in [0.3, 0.4) is 0 Å². The molecule has 0 saturated carbocycles. The van der Waals surface area contributed by atoms with Gasteiger partial charge in [0.15, 0.2) is 0 Å². The van der Waals surface area contributed by atoms with Crippen LogP contribution in [0.4, 0.5) is 0 Å². The van der Waals surface area contributed by atoms with Crippen LogP contribution in [0.2, 0.25) is 0 Å². The van der Waals surface area contributed by atoms with Gasteiger partial charge in [0.25, 0.3) is 0 Å². The maximum Gasteiger partial charge on any atom is 0.216 e. The zero-order valence-electron chi connectivity index (χ0n) is 7.76. The van der Waals surface area contributed by atoms with E-state index in [0.717, 1.165) is 6.42 Å². The highest BCUT2D eigenvalue weighted by Gasteiger charge is 1.98. The first-order valence-electron chi connectivity index (χ1n) is 4.30. The quantitative estimate of drug-likeness (QED) is 0.475. The number of aliphatic hydroxyl groups is 1. The van der Waals surface area contributed by atoms with Crippen LogP contribution in [0.1, 0.15) is 20.3 Å². The summed E-state index contributed by atoms with van der Waals surface area (Å²) in [6, 6.07) is 0. The third-order valence-electron chi connectivity index (χ3n) is 1.53. The predicted molar refractivity (Wildman–Crippen MR) is 47.9 cm³/mol. The number of carbonyl (C=O) groups is 1. The molecule has 1 atom stereocenters. The van der Waals surface area contributed by atoms with E-state index in [4.69, 9.17) is 5.11 Å². The van der Waals surface area contributed by atoms with Crippen LogP contribution in [-0.2, 0) is 4.79 Å². The molecule has 4 heteroatoms. The third-order valence-corrected chi connectivity index (χ3v) is 1.53. The molecule has 0 aliphatic heterocycles. The van der Waals surface area contributed by atoms with Crippen molar-refractivity contribution in [1.29, 1.82) is 0 Å². The lowest BCUT2D eigenvalue weighted by molar-refractivity contribution is -0.118. The summed E-state index contributed by atoms with van der Waals surface area (Å²) >= 11 is 0. The molecule has 0 aromatic carbocycles. The van der Waals surface area contributed by atoms with Gasteiger partial charge in [-0.3, -0.25) is 4.79 Å². The second kappa shape index (κ2) is 7.06. The second-order valence-electron chi connectivity index (χ2n) is 2.75. The van der Waals surface area contributed by atoms with Crippen LogP contribution >= 0.6 is 0 Å². The van der Waals surface area contributed by atoms with E-state index >= 15 is 0 Å². The lowest BCUT2D eigenvalue weighted by atomic mass is 10.3. The summed E-state index contributed by atoms with van der Waals surface area (Å²) < 4.78 is 0. The maximum absolute atomic E-state index is 10.4. The summed E-state index contributed by atoms with van der Waals surface area (Å²) in [7, 11) is 0. The topological polar surface area (TPSA) is 61.4 Å². The van der Waals surface area contributed by atoms with Gasteiger partial charge in [0.1, 0.15) is 0 Å². The molecule has 72 valence electrons. The van der Waals surface area contributed by atoms with Gasteiger partial charge in [0, 0.05) is 26.6 Å². The van der Waals surface area contributed by atoms with E-state index in [2.05, 4.69) is 10.6 Å². The Labute approximate surface area is 73.3 Å². The molecule has 0 saturated heterocycles. The van der Waals surface area contributed by atoms with Crippen molar-refractivity contribution in [2.45, 2.75) is 26.4 Å². The second-order valence-corrected chi connectivity index (χ2v) is 2.75. The van der Waals surface area contributed by atoms with Crippen LogP contribution < -0.4 is 10.6 Å². The summed E-state index contributed by atoms with van der Waals surface area (Å²) in [5.74, 6) is -0.0205. The molecule has 0 aliphatic rings. The fourth-order valence-corrected chi connectivity index (χ4v) is 0.740. The van der Waals surface area contributed by atoms with Crippen LogP contribution in [0.5, 0.6) is 0 Å². The minimum absolute atomic E-state index is 0.0205. The minimum Gasteiger partial charge on any atom is -0.392 e. The lowest BCUT2D eigenvalue weighted by Crippen LogP contribution is -2.34. The molecule has 0 aromatic rings. The fourth-order valence-electron chi connectivity index (χ4n) is 0.740. The summed E-state index contributed by atoms with van der Waals surface area (Å²) in [6.07, 6.45) is 0.481. The van der Waals surface area contributed by atoms with Gasteiger partial charge in [-0.15, -0.1) is 0 Å². The van der Waals surface area contributed by atoms with Crippen LogP contribution in [0.15, 0.2) is 0 Å². The molecule has 0 bridgehead atoms. The number of hydrogen-bond acceptors (Lipinski definition) is 3. The molecule has 1 amide bonds. The number of nitrogens with one attached hydrogen (secondary N) is 2. The van der Waals surface area contributed by atoms with Crippen molar-refractivity contribution in [3.05, 3.63) is 0 Å². The van der Waals surface area contributed by atoms with Crippen molar-refractivity contribution in [1.82, 2.24) is 10.6 Å². The monoisotopic (exact) mass is 174 g/mol. The molecular formula is C8H18N2O2. The maximum atomic E-state index is 10.4. The zero-order valence-corrected chi connectivity index (χ0v) is 7.76. The van der Waals surface area contributed by atoms with E-state index in [0.29, 0.717) is 19.6 Å².